The van der Waals surface area contributed by atoms with Gasteiger partial charge in [-0.15, -0.1) is 34.2 Å². The first kappa shape index (κ1) is 24.6. The van der Waals surface area contributed by atoms with Crippen LogP contribution in [0.15, 0.2) is 35.6 Å². The number of guanidine groups is 1. The van der Waals surface area contributed by atoms with E-state index in [0.29, 0.717) is 19.7 Å². The number of aromatic nitrogens is 3. The molecule has 0 saturated heterocycles. The molecule has 0 aliphatic carbocycles. The van der Waals surface area contributed by atoms with Crippen molar-refractivity contribution in [3.05, 3.63) is 47.0 Å². The largest absolute Gasteiger partial charge is 0.385 e. The standard InChI is InChI=1S/C19H29ClN6O.HI/c1-4-18-24-23-15-26(18)12-11-22-19(21-10-7-13-27-3)25(2)14-16-8-5-6-9-17(16)20;/h5-6,8-9,15H,4,7,10-14H2,1-3H3,(H,21,22);1H. The van der Waals surface area contributed by atoms with E-state index in [4.69, 9.17) is 21.3 Å². The maximum absolute atomic E-state index is 6.30. The van der Waals surface area contributed by atoms with Crippen LogP contribution in [0.25, 0.3) is 0 Å². The summed E-state index contributed by atoms with van der Waals surface area (Å²) in [7, 11) is 3.72. The molecule has 0 radical (unpaired) electrons. The van der Waals surface area contributed by atoms with E-state index in [1.165, 1.54) is 0 Å². The van der Waals surface area contributed by atoms with Crippen LogP contribution in [0.3, 0.4) is 0 Å². The minimum absolute atomic E-state index is 0. The zero-order valence-corrected chi connectivity index (χ0v) is 19.9. The normalized spacial score (nSPS) is 11.2. The number of benzene rings is 1. The van der Waals surface area contributed by atoms with Gasteiger partial charge in [0, 0.05) is 58.4 Å². The van der Waals surface area contributed by atoms with Gasteiger partial charge in [-0.25, -0.2) is 0 Å². The van der Waals surface area contributed by atoms with Gasteiger partial charge < -0.3 is 19.5 Å². The first-order chi connectivity index (χ1) is 13.2. The van der Waals surface area contributed by atoms with Gasteiger partial charge in [-0.3, -0.25) is 4.99 Å². The Morgan fingerprint density at radius 2 is 2.14 bits per heavy atom. The van der Waals surface area contributed by atoms with Crippen molar-refractivity contribution in [1.82, 2.24) is 25.0 Å². The Labute approximate surface area is 189 Å². The molecule has 1 aromatic heterocycles. The smallest absolute Gasteiger partial charge is 0.194 e. The van der Waals surface area contributed by atoms with Crippen molar-refractivity contribution in [2.24, 2.45) is 4.99 Å². The van der Waals surface area contributed by atoms with E-state index in [0.717, 1.165) is 48.3 Å². The molecule has 2 rings (SSSR count). The second kappa shape index (κ2) is 13.7. The van der Waals surface area contributed by atoms with Crippen LogP contribution in [0, 0.1) is 0 Å². The van der Waals surface area contributed by atoms with Crippen LogP contribution in [0.1, 0.15) is 24.7 Å². The molecule has 0 aliphatic rings. The van der Waals surface area contributed by atoms with Crippen LogP contribution in [0.2, 0.25) is 5.02 Å². The Balaban J connectivity index is 0.00000392. The molecule has 0 unspecified atom stereocenters. The number of aliphatic imine (C=N–C) groups is 1. The number of hydrogen-bond donors (Lipinski definition) is 1. The first-order valence-electron chi connectivity index (χ1n) is 9.24. The lowest BCUT2D eigenvalue weighted by molar-refractivity contribution is 0.197. The van der Waals surface area contributed by atoms with Crippen LogP contribution in [-0.4, -0.2) is 59.5 Å². The fraction of sp³-hybridized carbons (Fsp3) is 0.526. The molecule has 7 nitrogen and oxygen atoms in total. The quantitative estimate of drug-likeness (QED) is 0.226. The van der Waals surface area contributed by atoms with Crippen molar-refractivity contribution in [1.29, 1.82) is 0 Å². The third-order valence-electron chi connectivity index (χ3n) is 4.14. The van der Waals surface area contributed by atoms with Gasteiger partial charge in [0.05, 0.1) is 0 Å². The second-order valence-electron chi connectivity index (χ2n) is 6.22. The Hall–Kier alpha value is -1.39. The topological polar surface area (TPSA) is 67.6 Å². The molecular formula is C19H30ClIN6O. The number of ether oxygens (including phenoxy) is 1. The van der Waals surface area contributed by atoms with Crippen molar-refractivity contribution in [2.75, 3.05) is 33.9 Å². The van der Waals surface area contributed by atoms with Crippen molar-refractivity contribution >= 4 is 41.5 Å². The van der Waals surface area contributed by atoms with Gasteiger partial charge in [-0.2, -0.15) is 0 Å². The van der Waals surface area contributed by atoms with Gasteiger partial charge in [0.2, 0.25) is 0 Å². The van der Waals surface area contributed by atoms with Gasteiger partial charge >= 0.3 is 0 Å². The van der Waals surface area contributed by atoms with Gasteiger partial charge in [0.15, 0.2) is 5.96 Å². The number of methoxy groups -OCH3 is 1. The maximum atomic E-state index is 6.30. The fourth-order valence-electron chi connectivity index (χ4n) is 2.69. The molecule has 0 bridgehead atoms. The minimum Gasteiger partial charge on any atom is -0.385 e. The van der Waals surface area contributed by atoms with Crippen molar-refractivity contribution < 1.29 is 4.74 Å². The molecular weight excluding hydrogens is 491 g/mol. The van der Waals surface area contributed by atoms with Crippen LogP contribution < -0.4 is 5.32 Å². The van der Waals surface area contributed by atoms with Crippen molar-refractivity contribution in [3.63, 3.8) is 0 Å². The fourth-order valence-corrected chi connectivity index (χ4v) is 2.89. The molecule has 0 aliphatic heterocycles. The lowest BCUT2D eigenvalue weighted by atomic mass is 10.2. The summed E-state index contributed by atoms with van der Waals surface area (Å²) < 4.78 is 7.17. The third kappa shape index (κ3) is 7.92. The summed E-state index contributed by atoms with van der Waals surface area (Å²) in [5.41, 5.74) is 1.07. The third-order valence-corrected chi connectivity index (χ3v) is 4.51. The van der Waals surface area contributed by atoms with Gasteiger partial charge in [0.25, 0.3) is 0 Å². The maximum Gasteiger partial charge on any atom is 0.194 e. The van der Waals surface area contributed by atoms with E-state index in [2.05, 4.69) is 31.9 Å². The SMILES string of the molecule is CCc1nncn1CCNC(=NCCCOC)N(C)Cc1ccccc1Cl.I. The summed E-state index contributed by atoms with van der Waals surface area (Å²) in [5, 5.41) is 12.3. The van der Waals surface area contributed by atoms with Gasteiger partial charge in [-0.1, -0.05) is 36.7 Å². The Bertz CT molecular complexity index is 724. The van der Waals surface area contributed by atoms with Crippen LogP contribution in [0.4, 0.5) is 0 Å². The number of rotatable bonds is 10. The second-order valence-corrected chi connectivity index (χ2v) is 6.63. The first-order valence-corrected chi connectivity index (χ1v) is 9.62. The number of nitrogens with one attached hydrogen (secondary N) is 1. The van der Waals surface area contributed by atoms with Crippen molar-refractivity contribution in [3.8, 4) is 0 Å². The van der Waals surface area contributed by atoms with E-state index >= 15 is 0 Å². The zero-order chi connectivity index (χ0) is 19.5. The summed E-state index contributed by atoms with van der Waals surface area (Å²) in [5.74, 6) is 1.83. The summed E-state index contributed by atoms with van der Waals surface area (Å²) in [6, 6.07) is 7.88. The predicted octanol–water partition coefficient (Wildman–Crippen LogP) is 3.23. The molecule has 156 valence electrons. The number of hydrogen-bond acceptors (Lipinski definition) is 4. The van der Waals surface area contributed by atoms with E-state index < -0.39 is 0 Å². The molecule has 2 aromatic rings. The Morgan fingerprint density at radius 3 is 2.86 bits per heavy atom. The number of nitrogens with zero attached hydrogens (tertiary/aromatic N) is 5. The average molecular weight is 521 g/mol. The highest BCUT2D eigenvalue weighted by Gasteiger charge is 2.10. The highest BCUT2D eigenvalue weighted by Crippen LogP contribution is 2.16. The van der Waals surface area contributed by atoms with Gasteiger partial charge in [0.1, 0.15) is 12.2 Å². The number of halogens is 2. The lowest BCUT2D eigenvalue weighted by Crippen LogP contribution is -2.40. The van der Waals surface area contributed by atoms with Crippen LogP contribution in [0.5, 0.6) is 0 Å². The van der Waals surface area contributed by atoms with E-state index in [1.54, 1.807) is 13.4 Å². The molecule has 1 aromatic carbocycles. The molecule has 28 heavy (non-hydrogen) atoms. The highest BCUT2D eigenvalue weighted by atomic mass is 127. The highest BCUT2D eigenvalue weighted by molar-refractivity contribution is 14.0. The average Bonchev–Trinajstić information content (AvgIpc) is 3.13. The number of aryl methyl sites for hydroxylation is 1. The molecule has 0 spiro atoms. The van der Waals surface area contributed by atoms with E-state index in [-0.39, 0.29) is 24.0 Å². The van der Waals surface area contributed by atoms with E-state index in [1.807, 2.05) is 31.3 Å². The zero-order valence-electron chi connectivity index (χ0n) is 16.8. The molecule has 0 atom stereocenters. The summed E-state index contributed by atoms with van der Waals surface area (Å²) >= 11 is 6.30. The Morgan fingerprint density at radius 1 is 1.36 bits per heavy atom. The monoisotopic (exact) mass is 520 g/mol. The minimum atomic E-state index is 0. The van der Waals surface area contributed by atoms with E-state index in [9.17, 15) is 0 Å². The summed E-state index contributed by atoms with van der Waals surface area (Å²) in [6.45, 7) is 5.69. The molecule has 9 heteroatoms. The molecule has 0 amide bonds. The molecule has 0 saturated carbocycles. The Kier molecular flexibility index (Phi) is 12.1. The van der Waals surface area contributed by atoms with Crippen LogP contribution >= 0.6 is 35.6 Å². The van der Waals surface area contributed by atoms with Gasteiger partial charge in [-0.05, 0) is 18.1 Å². The van der Waals surface area contributed by atoms with Crippen molar-refractivity contribution in [2.45, 2.75) is 32.9 Å². The predicted molar refractivity (Wildman–Crippen MR) is 125 cm³/mol. The molecule has 1 heterocycles. The summed E-state index contributed by atoms with van der Waals surface area (Å²) in [6.07, 6.45) is 3.51. The summed E-state index contributed by atoms with van der Waals surface area (Å²) in [4.78, 5) is 6.80. The van der Waals surface area contributed by atoms with Crippen LogP contribution in [-0.2, 0) is 24.2 Å². The molecule has 0 fully saturated rings. The lowest BCUT2D eigenvalue weighted by Gasteiger charge is -2.23. The molecule has 1 N–H and O–H groups in total.